The summed E-state index contributed by atoms with van der Waals surface area (Å²) < 4.78 is 0. The highest BCUT2D eigenvalue weighted by Gasteiger charge is 2.28. The first-order valence-electron chi connectivity index (χ1n) is 6.53. The van der Waals surface area contributed by atoms with E-state index in [1.807, 2.05) is 0 Å². The molecule has 0 atom stereocenters. The van der Waals surface area contributed by atoms with Crippen LogP contribution in [0.2, 0.25) is 0 Å². The summed E-state index contributed by atoms with van der Waals surface area (Å²) in [4.78, 5) is 37.5. The number of urea groups is 1. The number of anilines is 1. The first-order chi connectivity index (χ1) is 9.93. The number of carboxylic acids is 1. The Morgan fingerprint density at radius 3 is 2.71 bits per heavy atom. The maximum Gasteiger partial charge on any atom is 0.335 e. The maximum absolute atomic E-state index is 12.3. The molecule has 2 N–H and O–H groups in total. The highest BCUT2D eigenvalue weighted by Crippen LogP contribution is 2.29. The number of aromatic carboxylic acids is 1. The Bertz CT molecular complexity index is 600. The van der Waals surface area contributed by atoms with Gasteiger partial charge in [-0.2, -0.15) is 0 Å². The smallest absolute Gasteiger partial charge is 0.335 e. The molecule has 1 aromatic rings. The van der Waals surface area contributed by atoms with E-state index in [0.29, 0.717) is 18.7 Å². The van der Waals surface area contributed by atoms with Gasteiger partial charge in [-0.3, -0.25) is 9.69 Å². The zero-order valence-corrected chi connectivity index (χ0v) is 11.9. The average molecular weight is 291 g/mol. The van der Waals surface area contributed by atoms with Crippen LogP contribution in [0, 0.1) is 0 Å². The van der Waals surface area contributed by atoms with Gasteiger partial charge in [0.1, 0.15) is 6.54 Å². The van der Waals surface area contributed by atoms with Gasteiger partial charge < -0.3 is 15.3 Å². The van der Waals surface area contributed by atoms with E-state index < -0.39 is 5.97 Å². The van der Waals surface area contributed by atoms with Gasteiger partial charge >= 0.3 is 12.0 Å². The topological polar surface area (TPSA) is 90.0 Å². The lowest BCUT2D eigenvalue weighted by molar-refractivity contribution is -0.120. The quantitative estimate of drug-likeness (QED) is 0.850. The van der Waals surface area contributed by atoms with Gasteiger partial charge in [-0.1, -0.05) is 0 Å². The van der Waals surface area contributed by atoms with Crippen LogP contribution < -0.4 is 10.2 Å². The number of fused-ring (bicyclic) bond motifs is 1. The summed E-state index contributed by atoms with van der Waals surface area (Å²) in [6.07, 6.45) is 0.607. The van der Waals surface area contributed by atoms with Crippen molar-refractivity contribution in [1.29, 1.82) is 0 Å². The molecule has 1 aliphatic rings. The number of hydrogen-bond donors (Lipinski definition) is 2. The lowest BCUT2D eigenvalue weighted by Crippen LogP contribution is -2.44. The van der Waals surface area contributed by atoms with Crippen molar-refractivity contribution in [1.82, 2.24) is 10.2 Å². The highest BCUT2D eigenvalue weighted by atomic mass is 16.4. The van der Waals surface area contributed by atoms with Crippen molar-refractivity contribution in [3.05, 3.63) is 29.3 Å². The molecule has 7 heteroatoms. The second-order valence-corrected chi connectivity index (χ2v) is 4.86. The monoisotopic (exact) mass is 291 g/mol. The van der Waals surface area contributed by atoms with Crippen LogP contribution in [-0.2, 0) is 11.2 Å². The number of nitrogens with one attached hydrogen (secondary N) is 1. The van der Waals surface area contributed by atoms with Crippen LogP contribution in [0.25, 0.3) is 0 Å². The molecule has 21 heavy (non-hydrogen) atoms. The Balaban J connectivity index is 2.17. The number of amides is 3. The van der Waals surface area contributed by atoms with Gasteiger partial charge in [-0.15, -0.1) is 0 Å². The van der Waals surface area contributed by atoms with Crippen LogP contribution in [0.5, 0.6) is 0 Å². The molecule has 0 radical (unpaired) electrons. The molecule has 0 fully saturated rings. The summed E-state index contributed by atoms with van der Waals surface area (Å²) >= 11 is 0. The fourth-order valence-electron chi connectivity index (χ4n) is 2.30. The van der Waals surface area contributed by atoms with Crippen LogP contribution in [-0.4, -0.2) is 55.1 Å². The highest BCUT2D eigenvalue weighted by molar-refractivity contribution is 5.97. The Kier molecular flexibility index (Phi) is 4.11. The normalized spacial score (nSPS) is 12.8. The molecule has 2 rings (SSSR count). The number of carboxylic acid groups (broad SMARTS) is 1. The Morgan fingerprint density at radius 2 is 2.10 bits per heavy atom. The van der Waals surface area contributed by atoms with Crippen molar-refractivity contribution in [2.24, 2.45) is 0 Å². The largest absolute Gasteiger partial charge is 0.478 e. The predicted molar refractivity (Wildman–Crippen MR) is 76.5 cm³/mol. The molecule has 0 aliphatic carbocycles. The number of carbonyl (C=O) groups is 3. The van der Waals surface area contributed by atoms with Crippen molar-refractivity contribution in [3.63, 3.8) is 0 Å². The number of nitrogens with zero attached hydrogens (tertiary/aromatic N) is 2. The second kappa shape index (κ2) is 5.82. The summed E-state index contributed by atoms with van der Waals surface area (Å²) in [7, 11) is 3.07. The summed E-state index contributed by atoms with van der Waals surface area (Å²) in [5.41, 5.74) is 1.74. The fraction of sp³-hybridized carbons (Fsp3) is 0.357. The minimum absolute atomic E-state index is 0.0195. The van der Waals surface area contributed by atoms with Gasteiger partial charge in [0, 0.05) is 26.3 Å². The van der Waals surface area contributed by atoms with Crippen LogP contribution >= 0.6 is 0 Å². The number of hydrogen-bond acceptors (Lipinski definition) is 3. The Hall–Kier alpha value is -2.57. The molecule has 0 saturated heterocycles. The van der Waals surface area contributed by atoms with Gasteiger partial charge in [0.2, 0.25) is 5.91 Å². The standard InChI is InChI=1S/C14H17N3O4/c1-15-12(18)8-16(2)14(21)17-6-5-9-7-10(13(19)20)3-4-11(9)17/h3-4,7H,5-6,8H2,1-2H3,(H,15,18)(H,19,20). The van der Waals surface area contributed by atoms with Crippen molar-refractivity contribution in [3.8, 4) is 0 Å². The van der Waals surface area contributed by atoms with E-state index in [1.54, 1.807) is 24.1 Å². The van der Waals surface area contributed by atoms with Crippen molar-refractivity contribution in [2.45, 2.75) is 6.42 Å². The summed E-state index contributed by atoms with van der Waals surface area (Å²) in [6, 6.07) is 4.42. The van der Waals surface area contributed by atoms with Gasteiger partial charge in [-0.05, 0) is 30.2 Å². The predicted octanol–water partition coefficient (Wildman–Crippen LogP) is 0.545. The summed E-state index contributed by atoms with van der Waals surface area (Å²) in [6.45, 7) is 0.462. The molecule has 0 spiro atoms. The molecular weight excluding hydrogens is 274 g/mol. The minimum Gasteiger partial charge on any atom is -0.478 e. The average Bonchev–Trinajstić information content (AvgIpc) is 2.88. The first-order valence-corrected chi connectivity index (χ1v) is 6.53. The van der Waals surface area contributed by atoms with E-state index in [4.69, 9.17) is 5.11 Å². The van der Waals surface area contributed by atoms with Crippen LogP contribution in [0.15, 0.2) is 18.2 Å². The van der Waals surface area contributed by atoms with E-state index in [1.165, 1.54) is 18.0 Å². The Morgan fingerprint density at radius 1 is 1.38 bits per heavy atom. The molecule has 0 aromatic heterocycles. The molecule has 0 bridgehead atoms. The van der Waals surface area contributed by atoms with E-state index >= 15 is 0 Å². The third-order valence-electron chi connectivity index (χ3n) is 3.44. The van der Waals surface area contributed by atoms with Gasteiger partial charge in [0.25, 0.3) is 0 Å². The lowest BCUT2D eigenvalue weighted by Gasteiger charge is -2.24. The molecule has 112 valence electrons. The number of carbonyl (C=O) groups excluding carboxylic acids is 2. The third kappa shape index (κ3) is 2.96. The first kappa shape index (κ1) is 14.8. The van der Waals surface area contributed by atoms with Gasteiger partial charge in [0.15, 0.2) is 0 Å². The van der Waals surface area contributed by atoms with Crippen LogP contribution in [0.4, 0.5) is 10.5 Å². The molecule has 1 aromatic carbocycles. The maximum atomic E-state index is 12.3. The molecule has 1 heterocycles. The second-order valence-electron chi connectivity index (χ2n) is 4.86. The zero-order valence-electron chi connectivity index (χ0n) is 11.9. The summed E-state index contributed by atoms with van der Waals surface area (Å²) in [5.74, 6) is -1.23. The van der Waals surface area contributed by atoms with E-state index in [0.717, 1.165) is 5.56 Å². The van der Waals surface area contributed by atoms with Crippen LogP contribution in [0.1, 0.15) is 15.9 Å². The zero-order chi connectivity index (χ0) is 15.6. The third-order valence-corrected chi connectivity index (χ3v) is 3.44. The minimum atomic E-state index is -0.987. The number of rotatable bonds is 3. The van der Waals surface area contributed by atoms with Crippen molar-refractivity contribution >= 4 is 23.6 Å². The Labute approximate surface area is 122 Å². The van der Waals surface area contributed by atoms with E-state index in [9.17, 15) is 14.4 Å². The fourth-order valence-corrected chi connectivity index (χ4v) is 2.30. The SMILES string of the molecule is CNC(=O)CN(C)C(=O)N1CCc2cc(C(=O)O)ccc21. The lowest BCUT2D eigenvalue weighted by atomic mass is 10.1. The number of benzene rings is 1. The molecule has 3 amide bonds. The van der Waals surface area contributed by atoms with Gasteiger partial charge in [0.05, 0.1) is 5.56 Å². The molecule has 1 aliphatic heterocycles. The molecule has 0 saturated carbocycles. The van der Waals surface area contributed by atoms with Crippen LogP contribution in [0.3, 0.4) is 0 Å². The number of likely N-dealkylation sites (N-methyl/N-ethyl adjacent to an activating group) is 2. The van der Waals surface area contributed by atoms with E-state index in [-0.39, 0.29) is 24.0 Å². The summed E-state index contributed by atoms with van der Waals surface area (Å²) in [5, 5.41) is 11.4. The van der Waals surface area contributed by atoms with Crippen molar-refractivity contribution in [2.75, 3.05) is 32.1 Å². The molecule has 0 unspecified atom stereocenters. The molecular formula is C14H17N3O4. The van der Waals surface area contributed by atoms with Crippen molar-refractivity contribution < 1.29 is 19.5 Å². The van der Waals surface area contributed by atoms with Gasteiger partial charge in [-0.25, -0.2) is 9.59 Å². The molecule has 7 nitrogen and oxygen atoms in total. The van der Waals surface area contributed by atoms with E-state index in [2.05, 4.69) is 5.32 Å².